The Kier molecular flexibility index (Phi) is 5.25. The van der Waals surface area contributed by atoms with E-state index in [0.717, 1.165) is 16.7 Å². The molecule has 0 aliphatic heterocycles. The number of hydrogen-bond acceptors (Lipinski definition) is 2. The molecular weight excluding hydrogens is 284 g/mol. The highest BCUT2D eigenvalue weighted by atomic mass is 16.5. The van der Waals surface area contributed by atoms with E-state index in [9.17, 15) is 4.79 Å². The molecular formula is C21H26O2. The van der Waals surface area contributed by atoms with Crippen LogP contribution in [0.4, 0.5) is 0 Å². The molecule has 0 radical (unpaired) electrons. The SMILES string of the molecule is Cc1cccc(C)c1OC(=O)CCc1ccc(C(C)(C)C)cc1. The van der Waals surface area contributed by atoms with Crippen LogP contribution in [0, 0.1) is 13.8 Å². The van der Waals surface area contributed by atoms with Crippen LogP contribution in [-0.4, -0.2) is 5.97 Å². The third-order valence-electron chi connectivity index (χ3n) is 4.06. The van der Waals surface area contributed by atoms with Crippen LogP contribution < -0.4 is 4.74 Å². The zero-order valence-electron chi connectivity index (χ0n) is 14.8. The van der Waals surface area contributed by atoms with Crippen LogP contribution in [0.1, 0.15) is 49.4 Å². The first-order valence-corrected chi connectivity index (χ1v) is 8.13. The van der Waals surface area contributed by atoms with Gasteiger partial charge in [-0.15, -0.1) is 0 Å². The van der Waals surface area contributed by atoms with Crippen molar-refractivity contribution in [3.63, 3.8) is 0 Å². The van der Waals surface area contributed by atoms with Gasteiger partial charge in [0.15, 0.2) is 0 Å². The topological polar surface area (TPSA) is 26.3 Å². The van der Waals surface area contributed by atoms with Crippen LogP contribution >= 0.6 is 0 Å². The van der Waals surface area contributed by atoms with E-state index in [1.54, 1.807) is 0 Å². The van der Waals surface area contributed by atoms with Gasteiger partial charge >= 0.3 is 5.97 Å². The molecule has 2 rings (SSSR count). The fourth-order valence-electron chi connectivity index (χ4n) is 2.54. The second kappa shape index (κ2) is 6.99. The van der Waals surface area contributed by atoms with Gasteiger partial charge in [-0.05, 0) is 47.9 Å². The Morgan fingerprint density at radius 3 is 2.04 bits per heavy atom. The van der Waals surface area contributed by atoms with Gasteiger partial charge in [0.2, 0.25) is 0 Å². The summed E-state index contributed by atoms with van der Waals surface area (Å²) >= 11 is 0. The Labute approximate surface area is 139 Å². The van der Waals surface area contributed by atoms with Crippen molar-refractivity contribution < 1.29 is 9.53 Å². The van der Waals surface area contributed by atoms with Crippen LogP contribution in [0.5, 0.6) is 5.75 Å². The van der Waals surface area contributed by atoms with E-state index in [0.29, 0.717) is 18.6 Å². The summed E-state index contributed by atoms with van der Waals surface area (Å²) in [4.78, 5) is 12.1. The molecule has 0 aliphatic rings. The van der Waals surface area contributed by atoms with Crippen LogP contribution in [0.25, 0.3) is 0 Å². The van der Waals surface area contributed by atoms with Crippen molar-refractivity contribution in [2.45, 2.75) is 52.9 Å². The highest BCUT2D eigenvalue weighted by molar-refractivity contribution is 5.73. The van der Waals surface area contributed by atoms with Crippen molar-refractivity contribution in [1.29, 1.82) is 0 Å². The lowest BCUT2D eigenvalue weighted by Crippen LogP contribution is -2.12. The molecule has 0 fully saturated rings. The van der Waals surface area contributed by atoms with Gasteiger partial charge in [-0.25, -0.2) is 0 Å². The molecule has 0 amide bonds. The Hall–Kier alpha value is -2.09. The fraction of sp³-hybridized carbons (Fsp3) is 0.381. The van der Waals surface area contributed by atoms with Gasteiger partial charge < -0.3 is 4.74 Å². The number of carbonyl (C=O) groups is 1. The Morgan fingerprint density at radius 1 is 0.957 bits per heavy atom. The standard InChI is InChI=1S/C21H26O2/c1-15-7-6-8-16(2)20(15)23-19(22)14-11-17-9-12-18(13-10-17)21(3,4)5/h6-10,12-13H,11,14H2,1-5H3. The first-order valence-electron chi connectivity index (χ1n) is 8.13. The van der Waals surface area contributed by atoms with Crippen LogP contribution in [0.2, 0.25) is 0 Å². The van der Waals surface area contributed by atoms with E-state index in [-0.39, 0.29) is 11.4 Å². The summed E-state index contributed by atoms with van der Waals surface area (Å²) in [6.07, 6.45) is 1.09. The number of esters is 1. The molecule has 0 unspecified atom stereocenters. The molecule has 0 spiro atoms. The quantitative estimate of drug-likeness (QED) is 0.577. The highest BCUT2D eigenvalue weighted by Gasteiger charge is 2.13. The van der Waals surface area contributed by atoms with Gasteiger partial charge in [-0.1, -0.05) is 63.2 Å². The van der Waals surface area contributed by atoms with Crippen molar-refractivity contribution in [1.82, 2.24) is 0 Å². The zero-order chi connectivity index (χ0) is 17.0. The largest absolute Gasteiger partial charge is 0.426 e. The number of carbonyl (C=O) groups excluding carboxylic acids is 1. The Balaban J connectivity index is 1.94. The smallest absolute Gasteiger partial charge is 0.311 e. The lowest BCUT2D eigenvalue weighted by molar-refractivity contribution is -0.134. The molecule has 0 heterocycles. The van der Waals surface area contributed by atoms with E-state index < -0.39 is 0 Å². The normalized spacial score (nSPS) is 11.3. The maximum atomic E-state index is 12.1. The lowest BCUT2D eigenvalue weighted by Gasteiger charge is -2.19. The first-order chi connectivity index (χ1) is 10.8. The molecule has 23 heavy (non-hydrogen) atoms. The minimum Gasteiger partial charge on any atom is -0.426 e. The van der Waals surface area contributed by atoms with Gasteiger partial charge in [0.05, 0.1) is 0 Å². The molecule has 0 atom stereocenters. The minimum atomic E-state index is -0.178. The maximum absolute atomic E-state index is 12.1. The predicted octanol–water partition coefficient (Wildman–Crippen LogP) is 5.14. The summed E-state index contributed by atoms with van der Waals surface area (Å²) in [7, 11) is 0. The van der Waals surface area contributed by atoms with Gasteiger partial charge in [-0.3, -0.25) is 4.79 Å². The molecule has 2 aromatic carbocycles. The summed E-state index contributed by atoms with van der Waals surface area (Å²) < 4.78 is 5.54. The van der Waals surface area contributed by atoms with E-state index in [2.05, 4.69) is 45.0 Å². The third kappa shape index (κ3) is 4.69. The number of rotatable bonds is 4. The molecule has 2 nitrogen and oxygen atoms in total. The van der Waals surface area contributed by atoms with Crippen molar-refractivity contribution in [2.24, 2.45) is 0 Å². The van der Waals surface area contributed by atoms with E-state index >= 15 is 0 Å². The molecule has 2 aromatic rings. The number of hydrogen-bond donors (Lipinski definition) is 0. The Bertz CT molecular complexity index is 656. The summed E-state index contributed by atoms with van der Waals surface area (Å²) in [6.45, 7) is 10.5. The van der Waals surface area contributed by atoms with E-state index in [4.69, 9.17) is 4.74 Å². The molecule has 0 bridgehead atoms. The van der Waals surface area contributed by atoms with Crippen molar-refractivity contribution in [2.75, 3.05) is 0 Å². The molecule has 0 N–H and O–H groups in total. The van der Waals surface area contributed by atoms with Gasteiger partial charge in [0, 0.05) is 6.42 Å². The second-order valence-electron chi connectivity index (χ2n) is 7.14. The third-order valence-corrected chi connectivity index (χ3v) is 4.06. The highest BCUT2D eigenvalue weighted by Crippen LogP contribution is 2.24. The monoisotopic (exact) mass is 310 g/mol. The molecule has 122 valence electrons. The minimum absolute atomic E-state index is 0.153. The van der Waals surface area contributed by atoms with Crippen LogP contribution in [-0.2, 0) is 16.6 Å². The average molecular weight is 310 g/mol. The van der Waals surface area contributed by atoms with Crippen molar-refractivity contribution in [3.8, 4) is 5.75 Å². The van der Waals surface area contributed by atoms with Gasteiger partial charge in [0.1, 0.15) is 5.75 Å². The maximum Gasteiger partial charge on any atom is 0.311 e. The van der Waals surface area contributed by atoms with Gasteiger partial charge in [0.25, 0.3) is 0 Å². The number of para-hydroxylation sites is 1. The van der Waals surface area contributed by atoms with E-state index in [1.807, 2.05) is 32.0 Å². The summed E-state index contributed by atoms with van der Waals surface area (Å²) in [5.41, 5.74) is 4.61. The fourth-order valence-corrected chi connectivity index (χ4v) is 2.54. The number of benzene rings is 2. The van der Waals surface area contributed by atoms with Crippen molar-refractivity contribution in [3.05, 3.63) is 64.7 Å². The molecule has 0 aromatic heterocycles. The molecule has 0 saturated heterocycles. The zero-order valence-corrected chi connectivity index (χ0v) is 14.8. The first kappa shape index (κ1) is 17.3. The number of ether oxygens (including phenoxy) is 1. The van der Waals surface area contributed by atoms with Crippen LogP contribution in [0.15, 0.2) is 42.5 Å². The molecule has 0 saturated carbocycles. The summed E-state index contributed by atoms with van der Waals surface area (Å²) in [5, 5.41) is 0. The second-order valence-corrected chi connectivity index (χ2v) is 7.14. The van der Waals surface area contributed by atoms with E-state index in [1.165, 1.54) is 5.56 Å². The number of aryl methyl sites for hydroxylation is 3. The molecule has 2 heteroatoms. The predicted molar refractivity (Wildman–Crippen MR) is 95.0 cm³/mol. The lowest BCUT2D eigenvalue weighted by atomic mass is 9.86. The summed E-state index contributed by atoms with van der Waals surface area (Å²) in [6, 6.07) is 14.4. The average Bonchev–Trinajstić information content (AvgIpc) is 2.48. The summed E-state index contributed by atoms with van der Waals surface area (Å²) in [5.74, 6) is 0.517. The Morgan fingerprint density at radius 2 is 1.52 bits per heavy atom. The van der Waals surface area contributed by atoms with Crippen LogP contribution in [0.3, 0.4) is 0 Å². The van der Waals surface area contributed by atoms with Gasteiger partial charge in [-0.2, -0.15) is 0 Å². The van der Waals surface area contributed by atoms with Crippen molar-refractivity contribution >= 4 is 5.97 Å². The molecule has 0 aliphatic carbocycles.